The summed E-state index contributed by atoms with van der Waals surface area (Å²) >= 11 is 0. The average Bonchev–Trinajstić information content (AvgIpc) is 2.93. The Balaban J connectivity index is 2.40. The zero-order valence-corrected chi connectivity index (χ0v) is 12.1. The molecule has 2 N–H and O–H groups in total. The molecule has 0 unspecified atom stereocenters. The molecule has 1 saturated carbocycles. The van der Waals surface area contributed by atoms with Crippen LogP contribution in [-0.4, -0.2) is 22.4 Å². The molecule has 0 spiro atoms. The Bertz CT molecular complexity index is 402. The second-order valence-electron chi connectivity index (χ2n) is 5.59. The third kappa shape index (κ3) is 2.20. The quantitative estimate of drug-likeness (QED) is 0.893. The van der Waals surface area contributed by atoms with E-state index in [-0.39, 0.29) is 0 Å². The summed E-state index contributed by atoms with van der Waals surface area (Å²) in [5, 5.41) is 4.60. The molecule has 1 aromatic heterocycles. The zero-order chi connectivity index (χ0) is 13.3. The Kier molecular flexibility index (Phi) is 3.83. The van der Waals surface area contributed by atoms with Crippen molar-refractivity contribution in [3.63, 3.8) is 0 Å². The van der Waals surface area contributed by atoms with Gasteiger partial charge >= 0.3 is 0 Å². The summed E-state index contributed by atoms with van der Waals surface area (Å²) in [4.78, 5) is 2.46. The lowest BCUT2D eigenvalue weighted by Crippen LogP contribution is -2.35. The molecule has 0 bridgehead atoms. The minimum atomic E-state index is 0.353. The number of hydrogen-bond donors (Lipinski definition) is 1. The Labute approximate surface area is 110 Å². The highest BCUT2D eigenvalue weighted by molar-refractivity contribution is 5.67. The molecule has 4 heteroatoms. The number of nitrogens with zero attached hydrogens (tertiary/aromatic N) is 3. The average molecular weight is 250 g/mol. The number of aryl methyl sites for hydroxylation is 1. The van der Waals surface area contributed by atoms with Crippen LogP contribution in [0.25, 0.3) is 0 Å². The van der Waals surface area contributed by atoms with Gasteiger partial charge in [0.05, 0.1) is 11.4 Å². The van der Waals surface area contributed by atoms with Gasteiger partial charge in [-0.15, -0.1) is 0 Å². The Morgan fingerprint density at radius 3 is 2.50 bits per heavy atom. The Morgan fingerprint density at radius 2 is 2.00 bits per heavy atom. The number of rotatable bonds is 4. The normalized spacial score (nSPS) is 16.7. The molecule has 1 heterocycles. The fourth-order valence-corrected chi connectivity index (χ4v) is 2.99. The summed E-state index contributed by atoms with van der Waals surface area (Å²) in [6.07, 6.45) is 5.26. The first kappa shape index (κ1) is 13.2. The minimum Gasteiger partial charge on any atom is -0.394 e. The first-order valence-electron chi connectivity index (χ1n) is 7.17. The lowest BCUT2D eigenvalue weighted by atomic mass is 10.2. The van der Waals surface area contributed by atoms with Gasteiger partial charge < -0.3 is 10.6 Å². The number of aromatic nitrogens is 2. The maximum absolute atomic E-state index is 6.26. The van der Waals surface area contributed by atoms with E-state index in [4.69, 9.17) is 5.73 Å². The van der Waals surface area contributed by atoms with Crippen molar-refractivity contribution in [1.29, 1.82) is 0 Å². The predicted octanol–water partition coefficient (Wildman–Crippen LogP) is 3.12. The monoisotopic (exact) mass is 250 g/mol. The topological polar surface area (TPSA) is 47.1 Å². The van der Waals surface area contributed by atoms with Gasteiger partial charge in [0.15, 0.2) is 5.82 Å². The molecular weight excluding hydrogens is 224 g/mol. The van der Waals surface area contributed by atoms with Crippen LogP contribution in [0.3, 0.4) is 0 Å². The second kappa shape index (κ2) is 5.21. The lowest BCUT2D eigenvalue weighted by molar-refractivity contribution is 0.506. The number of nitrogens with two attached hydrogens (primary N) is 1. The maximum atomic E-state index is 6.26. The summed E-state index contributed by atoms with van der Waals surface area (Å²) < 4.78 is 2.09. The highest BCUT2D eigenvalue weighted by Gasteiger charge is 2.27. The van der Waals surface area contributed by atoms with E-state index >= 15 is 0 Å². The molecule has 0 radical (unpaired) electrons. The second-order valence-corrected chi connectivity index (χ2v) is 5.59. The number of anilines is 2. The standard InChI is InChI=1S/C14H26N4/c1-5-17(12-8-6-7-9-12)14-13(15)11(4)16-18(14)10(2)3/h10,12H,5-9,15H2,1-4H3. The van der Waals surface area contributed by atoms with Crippen molar-refractivity contribution < 1.29 is 0 Å². The summed E-state index contributed by atoms with van der Waals surface area (Å²) in [5.74, 6) is 1.14. The van der Waals surface area contributed by atoms with Crippen molar-refractivity contribution in [2.45, 2.75) is 65.5 Å². The number of hydrogen-bond acceptors (Lipinski definition) is 3. The van der Waals surface area contributed by atoms with E-state index in [0.717, 1.165) is 23.7 Å². The Hall–Kier alpha value is -1.19. The van der Waals surface area contributed by atoms with Crippen molar-refractivity contribution >= 4 is 11.5 Å². The fourth-order valence-electron chi connectivity index (χ4n) is 2.99. The molecule has 18 heavy (non-hydrogen) atoms. The minimum absolute atomic E-state index is 0.353. The largest absolute Gasteiger partial charge is 0.394 e. The van der Waals surface area contributed by atoms with Crippen molar-refractivity contribution in [2.75, 3.05) is 17.2 Å². The van der Waals surface area contributed by atoms with Gasteiger partial charge in [0, 0.05) is 18.6 Å². The SMILES string of the molecule is CCN(c1c(N)c(C)nn1C(C)C)C1CCCC1. The van der Waals surface area contributed by atoms with Crippen LogP contribution in [0.2, 0.25) is 0 Å². The van der Waals surface area contributed by atoms with Gasteiger partial charge in [-0.3, -0.25) is 0 Å². The molecule has 1 aliphatic carbocycles. The van der Waals surface area contributed by atoms with E-state index in [2.05, 4.69) is 35.5 Å². The van der Waals surface area contributed by atoms with Gasteiger partial charge in [-0.05, 0) is 40.5 Å². The first-order valence-corrected chi connectivity index (χ1v) is 7.17. The molecule has 1 aromatic rings. The van der Waals surface area contributed by atoms with Crippen molar-refractivity contribution in [1.82, 2.24) is 9.78 Å². The van der Waals surface area contributed by atoms with Gasteiger partial charge in [-0.1, -0.05) is 12.8 Å². The van der Waals surface area contributed by atoms with Gasteiger partial charge in [-0.25, -0.2) is 4.68 Å². The molecule has 1 fully saturated rings. The summed E-state index contributed by atoms with van der Waals surface area (Å²) in [6.45, 7) is 9.55. The molecule has 1 aliphatic rings. The molecule has 0 saturated heterocycles. The predicted molar refractivity (Wildman–Crippen MR) is 77.0 cm³/mol. The van der Waals surface area contributed by atoms with Crippen LogP contribution in [-0.2, 0) is 0 Å². The summed E-state index contributed by atoms with van der Waals surface area (Å²) in [7, 11) is 0. The van der Waals surface area contributed by atoms with E-state index in [1.807, 2.05) is 6.92 Å². The van der Waals surface area contributed by atoms with Crippen molar-refractivity contribution in [2.24, 2.45) is 0 Å². The van der Waals surface area contributed by atoms with Crippen LogP contribution < -0.4 is 10.6 Å². The van der Waals surface area contributed by atoms with Crippen molar-refractivity contribution in [3.05, 3.63) is 5.69 Å². The molecule has 0 aliphatic heterocycles. The van der Waals surface area contributed by atoms with E-state index < -0.39 is 0 Å². The molecule has 0 atom stereocenters. The Morgan fingerprint density at radius 1 is 1.39 bits per heavy atom. The van der Waals surface area contributed by atoms with Crippen LogP contribution in [0.15, 0.2) is 0 Å². The highest BCUT2D eigenvalue weighted by Crippen LogP contribution is 2.34. The maximum Gasteiger partial charge on any atom is 0.151 e. The smallest absolute Gasteiger partial charge is 0.151 e. The number of nitrogen functional groups attached to an aromatic ring is 1. The lowest BCUT2D eigenvalue weighted by Gasteiger charge is -2.31. The zero-order valence-electron chi connectivity index (χ0n) is 12.1. The van der Waals surface area contributed by atoms with Crippen LogP contribution in [0.1, 0.15) is 58.2 Å². The molecule has 2 rings (SSSR count). The fraction of sp³-hybridized carbons (Fsp3) is 0.786. The van der Waals surface area contributed by atoms with Crippen LogP contribution in [0.4, 0.5) is 11.5 Å². The third-order valence-electron chi connectivity index (χ3n) is 3.97. The first-order chi connectivity index (χ1) is 8.56. The molecule has 4 nitrogen and oxygen atoms in total. The molecule has 102 valence electrons. The van der Waals surface area contributed by atoms with E-state index in [0.29, 0.717) is 12.1 Å². The van der Waals surface area contributed by atoms with Gasteiger partial charge in [0.1, 0.15) is 0 Å². The van der Waals surface area contributed by atoms with Crippen LogP contribution >= 0.6 is 0 Å². The van der Waals surface area contributed by atoms with Gasteiger partial charge in [-0.2, -0.15) is 5.10 Å². The molecule has 0 amide bonds. The molecular formula is C14H26N4. The van der Waals surface area contributed by atoms with Gasteiger partial charge in [0.25, 0.3) is 0 Å². The summed E-state index contributed by atoms with van der Waals surface area (Å²) in [6, 6.07) is 0.998. The van der Waals surface area contributed by atoms with Crippen LogP contribution in [0.5, 0.6) is 0 Å². The highest BCUT2D eigenvalue weighted by atomic mass is 15.4. The van der Waals surface area contributed by atoms with Crippen molar-refractivity contribution in [3.8, 4) is 0 Å². The van der Waals surface area contributed by atoms with Gasteiger partial charge in [0.2, 0.25) is 0 Å². The summed E-state index contributed by atoms with van der Waals surface area (Å²) in [5.41, 5.74) is 8.07. The third-order valence-corrected chi connectivity index (χ3v) is 3.97. The molecule has 0 aromatic carbocycles. The van der Waals surface area contributed by atoms with E-state index in [1.165, 1.54) is 25.7 Å². The van der Waals surface area contributed by atoms with E-state index in [9.17, 15) is 0 Å². The van der Waals surface area contributed by atoms with E-state index in [1.54, 1.807) is 0 Å². The van der Waals surface area contributed by atoms with Crippen LogP contribution in [0, 0.1) is 6.92 Å².